The van der Waals surface area contributed by atoms with Crippen molar-refractivity contribution in [3.8, 4) is 0 Å². The van der Waals surface area contributed by atoms with Gasteiger partial charge in [0.15, 0.2) is 0 Å². The van der Waals surface area contributed by atoms with Crippen LogP contribution in [0, 0.1) is 23.2 Å². The smallest absolute Gasteiger partial charge is 0.271 e. The molecular formula is C24H34N4O3. The second-order valence-electron chi connectivity index (χ2n) is 9.81. The molecule has 2 bridgehead atoms. The number of amides is 2. The molecule has 0 radical (unpaired) electrons. The number of aliphatic hydroxyl groups is 1. The number of rotatable bonds is 8. The summed E-state index contributed by atoms with van der Waals surface area (Å²) in [6, 6.07) is 5.02. The fourth-order valence-corrected chi connectivity index (χ4v) is 5.64. The first kappa shape index (κ1) is 21.8. The quantitative estimate of drug-likeness (QED) is 0.605. The first-order chi connectivity index (χ1) is 14.8. The van der Waals surface area contributed by atoms with Crippen molar-refractivity contribution in [2.75, 3.05) is 13.2 Å². The van der Waals surface area contributed by atoms with E-state index in [1.54, 1.807) is 28.8 Å². The van der Waals surface area contributed by atoms with E-state index >= 15 is 0 Å². The van der Waals surface area contributed by atoms with Crippen LogP contribution in [0.5, 0.6) is 0 Å². The SMILES string of the molecule is CCCC(CO)NC(=O)c1cn2c(C(=O)NC[C@@H]3CC[C@H]4C[C@@H]3C4(C)C)cccc2n1. The van der Waals surface area contributed by atoms with Crippen LogP contribution in [0.4, 0.5) is 0 Å². The first-order valence-electron chi connectivity index (χ1n) is 11.5. The third kappa shape index (κ3) is 4.07. The largest absolute Gasteiger partial charge is 0.394 e. The Morgan fingerprint density at radius 3 is 2.77 bits per heavy atom. The number of fused-ring (bicyclic) bond motifs is 3. The predicted octanol–water partition coefficient (Wildman–Crippen LogP) is 3.03. The van der Waals surface area contributed by atoms with Gasteiger partial charge in [0.2, 0.25) is 0 Å². The van der Waals surface area contributed by atoms with Crippen molar-refractivity contribution >= 4 is 17.5 Å². The van der Waals surface area contributed by atoms with Crippen LogP contribution in [0.2, 0.25) is 0 Å². The van der Waals surface area contributed by atoms with Gasteiger partial charge < -0.3 is 15.7 Å². The van der Waals surface area contributed by atoms with Crippen LogP contribution in [0.3, 0.4) is 0 Å². The van der Waals surface area contributed by atoms with Crippen LogP contribution in [-0.4, -0.2) is 45.5 Å². The first-order valence-corrected chi connectivity index (χ1v) is 11.5. The Balaban J connectivity index is 1.45. The summed E-state index contributed by atoms with van der Waals surface area (Å²) in [6.07, 6.45) is 6.88. The number of imidazole rings is 1. The molecule has 0 aliphatic heterocycles. The lowest BCUT2D eigenvalue weighted by Gasteiger charge is -2.60. The van der Waals surface area contributed by atoms with Crippen LogP contribution in [0.1, 0.15) is 73.9 Å². The Hall–Kier alpha value is -2.41. The maximum absolute atomic E-state index is 13.0. The second-order valence-corrected chi connectivity index (χ2v) is 9.81. The van der Waals surface area contributed by atoms with E-state index in [2.05, 4.69) is 29.5 Å². The molecule has 4 atom stereocenters. The van der Waals surface area contributed by atoms with E-state index in [1.165, 1.54) is 19.3 Å². The average Bonchev–Trinajstić information content (AvgIpc) is 3.21. The zero-order valence-corrected chi connectivity index (χ0v) is 18.7. The van der Waals surface area contributed by atoms with Crippen LogP contribution in [0.25, 0.3) is 5.65 Å². The molecule has 2 heterocycles. The topological polar surface area (TPSA) is 95.7 Å². The van der Waals surface area contributed by atoms with Crippen molar-refractivity contribution in [3.05, 3.63) is 35.8 Å². The van der Waals surface area contributed by atoms with E-state index in [0.29, 0.717) is 41.6 Å². The van der Waals surface area contributed by atoms with Crippen molar-refractivity contribution < 1.29 is 14.7 Å². The van der Waals surface area contributed by atoms with E-state index in [9.17, 15) is 14.7 Å². The van der Waals surface area contributed by atoms with Crippen molar-refractivity contribution in [2.24, 2.45) is 23.2 Å². The molecule has 3 aliphatic rings. The Morgan fingerprint density at radius 2 is 2.10 bits per heavy atom. The minimum absolute atomic E-state index is 0.111. The summed E-state index contributed by atoms with van der Waals surface area (Å²) in [7, 11) is 0. The Kier molecular flexibility index (Phi) is 6.06. The number of aliphatic hydroxyl groups excluding tert-OH is 1. The maximum atomic E-state index is 13.0. The van der Waals surface area contributed by atoms with Gasteiger partial charge >= 0.3 is 0 Å². The molecule has 3 saturated carbocycles. The number of carbonyl (C=O) groups excluding carboxylic acids is 2. The molecular weight excluding hydrogens is 392 g/mol. The van der Waals surface area contributed by atoms with Gasteiger partial charge in [-0.05, 0) is 61.0 Å². The van der Waals surface area contributed by atoms with Gasteiger partial charge in [0.25, 0.3) is 11.8 Å². The number of pyridine rings is 1. The molecule has 0 aromatic carbocycles. The number of hydrogen-bond acceptors (Lipinski definition) is 4. The predicted molar refractivity (Wildman–Crippen MR) is 119 cm³/mol. The van der Waals surface area contributed by atoms with Gasteiger partial charge in [-0.15, -0.1) is 0 Å². The molecule has 31 heavy (non-hydrogen) atoms. The molecule has 3 fully saturated rings. The zero-order valence-electron chi connectivity index (χ0n) is 18.7. The molecule has 2 amide bonds. The van der Waals surface area contributed by atoms with E-state index in [1.807, 2.05) is 6.92 Å². The van der Waals surface area contributed by atoms with Crippen molar-refractivity contribution in [2.45, 2.75) is 58.9 Å². The van der Waals surface area contributed by atoms with Gasteiger partial charge in [0.1, 0.15) is 17.0 Å². The number of nitrogens with zero attached hydrogens (tertiary/aromatic N) is 2. The number of hydrogen-bond donors (Lipinski definition) is 3. The molecule has 7 heteroatoms. The summed E-state index contributed by atoms with van der Waals surface area (Å²) in [5.41, 5.74) is 1.65. The zero-order chi connectivity index (χ0) is 22.2. The third-order valence-corrected chi connectivity index (χ3v) is 7.68. The maximum Gasteiger partial charge on any atom is 0.271 e. The van der Waals surface area contributed by atoms with Crippen molar-refractivity contribution in [1.82, 2.24) is 20.0 Å². The number of carbonyl (C=O) groups is 2. The Morgan fingerprint density at radius 1 is 1.29 bits per heavy atom. The highest BCUT2D eigenvalue weighted by Gasteiger charge is 2.53. The Labute approximate surface area is 183 Å². The molecule has 3 N–H and O–H groups in total. The number of aromatic nitrogens is 2. The third-order valence-electron chi connectivity index (χ3n) is 7.68. The number of nitrogens with one attached hydrogen (secondary N) is 2. The van der Waals surface area contributed by atoms with Gasteiger partial charge in [0, 0.05) is 12.7 Å². The van der Waals surface area contributed by atoms with Crippen molar-refractivity contribution in [1.29, 1.82) is 0 Å². The lowest BCUT2D eigenvalue weighted by Crippen LogP contribution is -2.54. The van der Waals surface area contributed by atoms with Gasteiger partial charge in [-0.1, -0.05) is 33.3 Å². The van der Waals surface area contributed by atoms with Crippen molar-refractivity contribution in [3.63, 3.8) is 0 Å². The van der Waals surface area contributed by atoms with Gasteiger partial charge in [0.05, 0.1) is 12.6 Å². The highest BCUT2D eigenvalue weighted by Crippen LogP contribution is 2.61. The average molecular weight is 427 g/mol. The fourth-order valence-electron chi connectivity index (χ4n) is 5.64. The van der Waals surface area contributed by atoms with E-state index in [0.717, 1.165) is 12.3 Å². The lowest BCUT2D eigenvalue weighted by atomic mass is 9.45. The van der Waals surface area contributed by atoms with Crippen LogP contribution >= 0.6 is 0 Å². The molecule has 168 valence electrons. The van der Waals surface area contributed by atoms with Crippen LogP contribution < -0.4 is 10.6 Å². The standard InChI is InChI=1S/C24H34N4O3/c1-4-6-17(14-29)26-22(30)19-13-28-20(7-5-8-21(28)27-19)23(31)25-12-15-9-10-16-11-18(15)24(16,2)3/h5,7-8,13,15-18,29H,4,6,9-12,14H2,1-3H3,(H,25,31)(H,26,30)/t15-,16-,17?,18-/m0/s1. The molecule has 3 aliphatic carbocycles. The van der Waals surface area contributed by atoms with Gasteiger partial charge in [-0.3, -0.25) is 14.0 Å². The molecule has 2 aromatic rings. The normalized spacial score (nSPS) is 25.0. The van der Waals surface area contributed by atoms with Crippen LogP contribution in [0.15, 0.2) is 24.4 Å². The second kappa shape index (κ2) is 8.61. The summed E-state index contributed by atoms with van der Waals surface area (Å²) in [6.45, 7) is 7.30. The molecule has 2 aromatic heterocycles. The van der Waals surface area contributed by atoms with E-state index in [4.69, 9.17) is 0 Å². The molecule has 1 unspecified atom stereocenters. The molecule has 0 spiro atoms. The molecule has 5 rings (SSSR count). The fraction of sp³-hybridized carbons (Fsp3) is 0.625. The lowest BCUT2D eigenvalue weighted by molar-refractivity contribution is -0.103. The van der Waals surface area contributed by atoms with Crippen LogP contribution in [-0.2, 0) is 0 Å². The molecule has 7 nitrogen and oxygen atoms in total. The summed E-state index contributed by atoms with van der Waals surface area (Å²) in [5, 5.41) is 15.4. The minimum Gasteiger partial charge on any atom is -0.394 e. The molecule has 0 saturated heterocycles. The summed E-state index contributed by atoms with van der Waals surface area (Å²) < 4.78 is 1.67. The van der Waals surface area contributed by atoms with Gasteiger partial charge in [-0.2, -0.15) is 0 Å². The van der Waals surface area contributed by atoms with Gasteiger partial charge in [-0.25, -0.2) is 4.98 Å². The highest BCUT2D eigenvalue weighted by atomic mass is 16.3. The Bertz CT molecular complexity index is 965. The summed E-state index contributed by atoms with van der Waals surface area (Å²) >= 11 is 0. The van der Waals surface area contributed by atoms with E-state index < -0.39 is 0 Å². The summed E-state index contributed by atoms with van der Waals surface area (Å²) in [4.78, 5) is 29.9. The van der Waals surface area contributed by atoms with E-state index in [-0.39, 0.29) is 30.2 Å². The minimum atomic E-state index is -0.341. The highest BCUT2D eigenvalue weighted by molar-refractivity contribution is 5.95. The monoisotopic (exact) mass is 426 g/mol. The summed E-state index contributed by atoms with van der Waals surface area (Å²) in [5.74, 6) is 1.58.